The summed E-state index contributed by atoms with van der Waals surface area (Å²) in [6.45, 7) is 2.67. The molecule has 0 amide bonds. The zero-order chi connectivity index (χ0) is 10.2. The molecular weight excluding hydrogens is 184 g/mol. The first-order chi connectivity index (χ1) is 6.83. The predicted octanol–water partition coefficient (Wildman–Crippen LogP) is -0.0866. The Labute approximate surface area is 83.0 Å². The maximum Gasteiger partial charge on any atom is 0.165 e. The first kappa shape index (κ1) is 10.9. The lowest BCUT2D eigenvalue weighted by Crippen LogP contribution is -2.08. The number of nitrogens with zero attached hydrogens (tertiary/aromatic N) is 3. The third kappa shape index (κ3) is 4.20. The van der Waals surface area contributed by atoms with Crippen molar-refractivity contribution >= 4 is 5.82 Å². The normalized spacial score (nSPS) is 10.6. The Kier molecular flexibility index (Phi) is 4.95. The SMILES string of the molecule is COCCOCCCn1ncc(N)n1. The molecule has 1 aromatic rings. The minimum atomic E-state index is 0.449. The van der Waals surface area contributed by atoms with Crippen LogP contribution >= 0.6 is 0 Å². The number of hydrogen-bond donors (Lipinski definition) is 1. The number of methoxy groups -OCH3 is 1. The number of rotatable bonds is 7. The van der Waals surface area contributed by atoms with Crippen molar-refractivity contribution in [1.82, 2.24) is 15.0 Å². The minimum Gasteiger partial charge on any atom is -0.382 e. The smallest absolute Gasteiger partial charge is 0.165 e. The summed E-state index contributed by atoms with van der Waals surface area (Å²) in [7, 11) is 1.65. The average Bonchev–Trinajstić information content (AvgIpc) is 2.58. The summed E-state index contributed by atoms with van der Waals surface area (Å²) in [5.41, 5.74) is 5.41. The minimum absolute atomic E-state index is 0.449. The molecule has 0 saturated carbocycles. The van der Waals surface area contributed by atoms with Gasteiger partial charge in [-0.05, 0) is 6.42 Å². The highest BCUT2D eigenvalue weighted by Crippen LogP contribution is 1.93. The van der Waals surface area contributed by atoms with E-state index in [0.717, 1.165) is 13.0 Å². The molecule has 2 N–H and O–H groups in total. The van der Waals surface area contributed by atoms with E-state index >= 15 is 0 Å². The topological polar surface area (TPSA) is 75.2 Å². The molecule has 0 aliphatic heterocycles. The quantitative estimate of drug-likeness (QED) is 0.623. The molecule has 80 valence electrons. The van der Waals surface area contributed by atoms with Gasteiger partial charge in [0.1, 0.15) is 0 Å². The summed E-state index contributed by atoms with van der Waals surface area (Å²) < 4.78 is 10.1. The van der Waals surface area contributed by atoms with Crippen LogP contribution in [0.3, 0.4) is 0 Å². The molecule has 0 atom stereocenters. The Morgan fingerprint density at radius 1 is 1.43 bits per heavy atom. The van der Waals surface area contributed by atoms with Gasteiger partial charge in [-0.2, -0.15) is 9.90 Å². The zero-order valence-corrected chi connectivity index (χ0v) is 8.35. The van der Waals surface area contributed by atoms with Crippen LogP contribution in [-0.4, -0.2) is 41.9 Å². The number of aromatic nitrogens is 3. The molecule has 14 heavy (non-hydrogen) atoms. The Morgan fingerprint density at radius 2 is 2.29 bits per heavy atom. The number of nitrogen functional groups attached to an aromatic ring is 1. The second kappa shape index (κ2) is 6.33. The lowest BCUT2D eigenvalue weighted by Gasteiger charge is -2.02. The predicted molar refractivity (Wildman–Crippen MR) is 51.7 cm³/mol. The lowest BCUT2D eigenvalue weighted by molar-refractivity contribution is 0.0673. The van der Waals surface area contributed by atoms with Crippen LogP contribution in [-0.2, 0) is 16.0 Å². The van der Waals surface area contributed by atoms with Crippen LogP contribution in [0.15, 0.2) is 6.20 Å². The van der Waals surface area contributed by atoms with E-state index in [9.17, 15) is 0 Å². The molecule has 0 saturated heterocycles. The average molecular weight is 200 g/mol. The molecule has 0 fully saturated rings. The van der Waals surface area contributed by atoms with Gasteiger partial charge in [0, 0.05) is 13.7 Å². The van der Waals surface area contributed by atoms with Gasteiger partial charge in [0.05, 0.1) is 26.0 Å². The fraction of sp³-hybridized carbons (Fsp3) is 0.750. The number of ether oxygens (including phenoxy) is 2. The molecule has 0 spiro atoms. The molecule has 0 bridgehead atoms. The van der Waals surface area contributed by atoms with Crippen molar-refractivity contribution in [3.63, 3.8) is 0 Å². The van der Waals surface area contributed by atoms with Crippen molar-refractivity contribution in [2.75, 3.05) is 32.7 Å². The van der Waals surface area contributed by atoms with Crippen LogP contribution in [0.1, 0.15) is 6.42 Å². The molecular formula is C8H16N4O2. The molecule has 0 aliphatic carbocycles. The monoisotopic (exact) mass is 200 g/mol. The molecule has 0 radical (unpaired) electrons. The molecule has 0 aliphatic rings. The van der Waals surface area contributed by atoms with Gasteiger partial charge in [0.25, 0.3) is 0 Å². The van der Waals surface area contributed by atoms with Crippen LogP contribution in [0.25, 0.3) is 0 Å². The van der Waals surface area contributed by atoms with Crippen molar-refractivity contribution in [2.45, 2.75) is 13.0 Å². The molecule has 6 heteroatoms. The van der Waals surface area contributed by atoms with E-state index in [0.29, 0.717) is 25.6 Å². The van der Waals surface area contributed by atoms with Crippen LogP contribution in [0, 0.1) is 0 Å². The van der Waals surface area contributed by atoms with E-state index in [1.165, 1.54) is 6.20 Å². The van der Waals surface area contributed by atoms with Crippen molar-refractivity contribution in [3.05, 3.63) is 6.20 Å². The molecule has 6 nitrogen and oxygen atoms in total. The standard InChI is InChI=1S/C8H16N4O2/c1-13-5-6-14-4-2-3-12-10-7-8(9)11-12/h7H,2-6H2,1H3,(H2,9,11). The molecule has 1 aromatic heterocycles. The molecule has 0 unspecified atom stereocenters. The first-order valence-corrected chi connectivity index (χ1v) is 4.55. The van der Waals surface area contributed by atoms with Crippen molar-refractivity contribution in [1.29, 1.82) is 0 Å². The Balaban J connectivity index is 1.99. The number of nitrogens with two attached hydrogens (primary N) is 1. The van der Waals surface area contributed by atoms with Crippen molar-refractivity contribution < 1.29 is 9.47 Å². The van der Waals surface area contributed by atoms with E-state index < -0.39 is 0 Å². The van der Waals surface area contributed by atoms with Gasteiger partial charge < -0.3 is 15.2 Å². The van der Waals surface area contributed by atoms with E-state index in [4.69, 9.17) is 15.2 Å². The number of anilines is 1. The van der Waals surface area contributed by atoms with Crippen LogP contribution in [0.5, 0.6) is 0 Å². The van der Waals surface area contributed by atoms with Gasteiger partial charge in [0.15, 0.2) is 5.82 Å². The second-order valence-electron chi connectivity index (χ2n) is 2.82. The van der Waals surface area contributed by atoms with E-state index in [-0.39, 0.29) is 0 Å². The molecule has 1 heterocycles. The number of hydrogen-bond acceptors (Lipinski definition) is 5. The van der Waals surface area contributed by atoms with E-state index in [2.05, 4.69) is 10.2 Å². The van der Waals surface area contributed by atoms with E-state index in [1.807, 2.05) is 0 Å². The van der Waals surface area contributed by atoms with Crippen molar-refractivity contribution in [3.8, 4) is 0 Å². The molecule has 0 aromatic carbocycles. The largest absolute Gasteiger partial charge is 0.382 e. The Hall–Kier alpha value is -1.14. The first-order valence-electron chi connectivity index (χ1n) is 4.55. The van der Waals surface area contributed by atoms with Gasteiger partial charge >= 0.3 is 0 Å². The second-order valence-corrected chi connectivity index (χ2v) is 2.82. The molecule has 1 rings (SSSR count). The Morgan fingerprint density at radius 3 is 2.93 bits per heavy atom. The summed E-state index contributed by atoms with van der Waals surface area (Å²) in [5.74, 6) is 0.449. The Bertz CT molecular complexity index is 251. The highest BCUT2D eigenvalue weighted by Gasteiger charge is 1.95. The fourth-order valence-electron chi connectivity index (χ4n) is 0.971. The summed E-state index contributed by atoms with van der Waals surface area (Å²) in [5, 5.41) is 7.90. The highest BCUT2D eigenvalue weighted by atomic mass is 16.5. The fourth-order valence-corrected chi connectivity index (χ4v) is 0.971. The van der Waals surface area contributed by atoms with Gasteiger partial charge in [-0.25, -0.2) is 0 Å². The van der Waals surface area contributed by atoms with Gasteiger partial charge in [0.2, 0.25) is 0 Å². The lowest BCUT2D eigenvalue weighted by atomic mass is 10.5. The summed E-state index contributed by atoms with van der Waals surface area (Å²) in [6, 6.07) is 0. The van der Waals surface area contributed by atoms with Gasteiger partial charge in [-0.1, -0.05) is 0 Å². The van der Waals surface area contributed by atoms with Crippen LogP contribution in [0.2, 0.25) is 0 Å². The van der Waals surface area contributed by atoms with Gasteiger partial charge in [-0.3, -0.25) is 0 Å². The van der Waals surface area contributed by atoms with Crippen LogP contribution < -0.4 is 5.73 Å². The summed E-state index contributed by atoms with van der Waals surface area (Å²) in [4.78, 5) is 1.56. The van der Waals surface area contributed by atoms with Gasteiger partial charge in [-0.15, -0.1) is 5.10 Å². The summed E-state index contributed by atoms with van der Waals surface area (Å²) in [6.07, 6.45) is 2.41. The van der Waals surface area contributed by atoms with Crippen molar-refractivity contribution in [2.24, 2.45) is 0 Å². The van der Waals surface area contributed by atoms with Crippen LogP contribution in [0.4, 0.5) is 5.82 Å². The zero-order valence-electron chi connectivity index (χ0n) is 8.35. The van der Waals surface area contributed by atoms with E-state index in [1.54, 1.807) is 11.9 Å². The third-order valence-electron chi connectivity index (χ3n) is 1.63. The maximum absolute atomic E-state index is 5.41. The highest BCUT2D eigenvalue weighted by molar-refractivity contribution is 5.19. The maximum atomic E-state index is 5.41. The summed E-state index contributed by atoms with van der Waals surface area (Å²) >= 11 is 0. The number of aryl methyl sites for hydroxylation is 1. The third-order valence-corrected chi connectivity index (χ3v) is 1.63.